The lowest BCUT2D eigenvalue weighted by Gasteiger charge is -2.18. The van der Waals surface area contributed by atoms with Crippen molar-refractivity contribution in [3.63, 3.8) is 0 Å². The third kappa shape index (κ3) is 4.66. The zero-order valence-corrected chi connectivity index (χ0v) is 12.2. The van der Waals surface area contributed by atoms with Crippen LogP contribution in [0.3, 0.4) is 0 Å². The van der Waals surface area contributed by atoms with Crippen LogP contribution in [0.1, 0.15) is 90.4 Å². The smallest absolute Gasteiger partial charge is 0.0955 e. The molecule has 0 aromatic rings. The highest BCUT2D eigenvalue weighted by atomic mass is 16.5. The molecule has 0 saturated carbocycles. The molecule has 0 spiro atoms. The van der Waals surface area contributed by atoms with E-state index in [1.165, 1.54) is 89.2 Å². The van der Waals surface area contributed by atoms with Crippen molar-refractivity contribution in [2.45, 2.75) is 96.5 Å². The minimum absolute atomic E-state index is 0.449. The highest BCUT2D eigenvalue weighted by Gasteiger charge is 2.16. The van der Waals surface area contributed by atoms with E-state index in [4.69, 9.17) is 4.74 Å². The number of ether oxygens (including phenoxy) is 1. The standard InChI is InChI=1S/C17H30O/c1-15-11-10-13-16-12-8-6-4-2-3-5-7-9-14-17(16)18-15/h15H,2-14H2,1H3. The van der Waals surface area contributed by atoms with Crippen LogP contribution in [0, 0.1) is 0 Å². The van der Waals surface area contributed by atoms with Crippen LogP contribution >= 0.6 is 0 Å². The highest BCUT2D eigenvalue weighted by molar-refractivity contribution is 5.10. The van der Waals surface area contributed by atoms with Crippen LogP contribution in [0.4, 0.5) is 0 Å². The van der Waals surface area contributed by atoms with Gasteiger partial charge in [0.25, 0.3) is 0 Å². The van der Waals surface area contributed by atoms with Gasteiger partial charge in [-0.05, 0) is 51.0 Å². The molecule has 1 heteroatoms. The van der Waals surface area contributed by atoms with Gasteiger partial charge in [0.15, 0.2) is 0 Å². The highest BCUT2D eigenvalue weighted by Crippen LogP contribution is 2.30. The first-order chi connectivity index (χ1) is 8.86. The molecule has 0 radical (unpaired) electrons. The number of hydrogen-bond donors (Lipinski definition) is 0. The normalized spacial score (nSPS) is 28.4. The second-order valence-corrected chi connectivity index (χ2v) is 6.18. The first-order valence-corrected chi connectivity index (χ1v) is 8.24. The second kappa shape index (κ2) is 7.86. The van der Waals surface area contributed by atoms with Crippen molar-refractivity contribution in [3.8, 4) is 0 Å². The first kappa shape index (κ1) is 14.0. The molecule has 1 heterocycles. The summed E-state index contributed by atoms with van der Waals surface area (Å²) < 4.78 is 6.20. The van der Waals surface area contributed by atoms with E-state index in [1.807, 2.05) is 0 Å². The van der Waals surface area contributed by atoms with E-state index < -0.39 is 0 Å². The molecule has 104 valence electrons. The van der Waals surface area contributed by atoms with E-state index in [2.05, 4.69) is 6.92 Å². The molecule has 0 aromatic carbocycles. The summed E-state index contributed by atoms with van der Waals surface area (Å²) >= 11 is 0. The topological polar surface area (TPSA) is 9.23 Å². The Morgan fingerprint density at radius 1 is 0.722 bits per heavy atom. The van der Waals surface area contributed by atoms with E-state index in [-0.39, 0.29) is 0 Å². The Labute approximate surface area is 113 Å². The summed E-state index contributed by atoms with van der Waals surface area (Å²) in [6.07, 6.45) is 18.2. The maximum absolute atomic E-state index is 6.20. The number of allylic oxidation sites excluding steroid dienone is 2. The molecule has 2 aliphatic rings. The molecule has 18 heavy (non-hydrogen) atoms. The third-order valence-electron chi connectivity index (χ3n) is 4.46. The molecule has 0 N–H and O–H groups in total. The fourth-order valence-corrected chi connectivity index (χ4v) is 3.31. The van der Waals surface area contributed by atoms with Crippen molar-refractivity contribution >= 4 is 0 Å². The van der Waals surface area contributed by atoms with Gasteiger partial charge < -0.3 is 4.74 Å². The molecule has 1 aliphatic carbocycles. The summed E-state index contributed by atoms with van der Waals surface area (Å²) in [6, 6.07) is 0. The predicted octanol–water partition coefficient (Wildman–Crippen LogP) is 5.74. The van der Waals surface area contributed by atoms with Gasteiger partial charge in [0.05, 0.1) is 11.9 Å². The monoisotopic (exact) mass is 250 g/mol. The summed E-state index contributed by atoms with van der Waals surface area (Å²) in [4.78, 5) is 0. The van der Waals surface area contributed by atoms with Crippen molar-refractivity contribution < 1.29 is 4.74 Å². The molecule has 0 amide bonds. The van der Waals surface area contributed by atoms with Gasteiger partial charge in [0.1, 0.15) is 0 Å². The van der Waals surface area contributed by atoms with Crippen LogP contribution in [0.15, 0.2) is 11.3 Å². The quantitative estimate of drug-likeness (QED) is 0.532. The van der Waals surface area contributed by atoms with Crippen molar-refractivity contribution in [1.82, 2.24) is 0 Å². The minimum Gasteiger partial charge on any atom is -0.495 e. The second-order valence-electron chi connectivity index (χ2n) is 6.18. The van der Waals surface area contributed by atoms with Gasteiger partial charge in [-0.2, -0.15) is 0 Å². The molecule has 0 saturated heterocycles. The van der Waals surface area contributed by atoms with Crippen molar-refractivity contribution in [3.05, 3.63) is 11.3 Å². The lowest BCUT2D eigenvalue weighted by atomic mass is 9.96. The summed E-state index contributed by atoms with van der Waals surface area (Å²) in [5, 5.41) is 0. The molecule has 0 aromatic heterocycles. The average molecular weight is 250 g/mol. The van der Waals surface area contributed by atoms with Crippen LogP contribution in [-0.2, 0) is 4.74 Å². The van der Waals surface area contributed by atoms with E-state index in [9.17, 15) is 0 Å². The maximum atomic E-state index is 6.20. The summed E-state index contributed by atoms with van der Waals surface area (Å²) in [6.45, 7) is 2.24. The summed E-state index contributed by atoms with van der Waals surface area (Å²) in [5.74, 6) is 1.39. The lowest BCUT2D eigenvalue weighted by molar-refractivity contribution is 0.118. The Morgan fingerprint density at radius 3 is 2.00 bits per heavy atom. The van der Waals surface area contributed by atoms with Crippen molar-refractivity contribution in [2.24, 2.45) is 0 Å². The number of hydrogen-bond acceptors (Lipinski definition) is 1. The summed E-state index contributed by atoms with van der Waals surface area (Å²) in [7, 11) is 0. The van der Waals surface area contributed by atoms with Crippen LogP contribution in [0.25, 0.3) is 0 Å². The Balaban J connectivity index is 1.98. The van der Waals surface area contributed by atoms with Gasteiger partial charge in [0, 0.05) is 6.42 Å². The molecule has 0 fully saturated rings. The van der Waals surface area contributed by atoms with Gasteiger partial charge >= 0.3 is 0 Å². The van der Waals surface area contributed by atoms with E-state index >= 15 is 0 Å². The van der Waals surface area contributed by atoms with Gasteiger partial charge in [-0.25, -0.2) is 0 Å². The SMILES string of the molecule is CC1CCCC2=C(CCCCCCCCCC2)O1. The lowest BCUT2D eigenvalue weighted by Crippen LogP contribution is -2.06. The maximum Gasteiger partial charge on any atom is 0.0955 e. The van der Waals surface area contributed by atoms with E-state index in [0.717, 1.165) is 0 Å². The Morgan fingerprint density at radius 2 is 1.28 bits per heavy atom. The zero-order valence-electron chi connectivity index (χ0n) is 12.2. The molecule has 1 atom stereocenters. The predicted molar refractivity (Wildman–Crippen MR) is 77.6 cm³/mol. The molecule has 2 rings (SSSR count). The fraction of sp³-hybridized carbons (Fsp3) is 0.882. The van der Waals surface area contributed by atoms with Gasteiger partial charge in [-0.3, -0.25) is 0 Å². The minimum atomic E-state index is 0.449. The first-order valence-electron chi connectivity index (χ1n) is 8.24. The third-order valence-corrected chi connectivity index (χ3v) is 4.46. The van der Waals surface area contributed by atoms with E-state index in [0.29, 0.717) is 6.10 Å². The fourth-order valence-electron chi connectivity index (χ4n) is 3.31. The molecular weight excluding hydrogens is 220 g/mol. The molecular formula is C17H30O. The van der Waals surface area contributed by atoms with Crippen LogP contribution in [-0.4, -0.2) is 6.10 Å². The van der Waals surface area contributed by atoms with Gasteiger partial charge in [-0.15, -0.1) is 0 Å². The zero-order chi connectivity index (χ0) is 12.6. The Hall–Kier alpha value is -0.460. The van der Waals surface area contributed by atoms with Gasteiger partial charge in [-0.1, -0.05) is 38.5 Å². The van der Waals surface area contributed by atoms with Gasteiger partial charge in [0.2, 0.25) is 0 Å². The van der Waals surface area contributed by atoms with Crippen molar-refractivity contribution in [1.29, 1.82) is 0 Å². The molecule has 0 bridgehead atoms. The number of rotatable bonds is 0. The average Bonchev–Trinajstić information content (AvgIpc) is 2.51. The van der Waals surface area contributed by atoms with Crippen molar-refractivity contribution in [2.75, 3.05) is 0 Å². The molecule has 1 aliphatic heterocycles. The van der Waals surface area contributed by atoms with E-state index in [1.54, 1.807) is 5.57 Å². The van der Waals surface area contributed by atoms with Crippen LogP contribution in [0.5, 0.6) is 0 Å². The molecule has 1 nitrogen and oxygen atoms in total. The largest absolute Gasteiger partial charge is 0.495 e. The summed E-state index contributed by atoms with van der Waals surface area (Å²) in [5.41, 5.74) is 1.67. The van der Waals surface area contributed by atoms with Crippen LogP contribution < -0.4 is 0 Å². The Kier molecular flexibility index (Phi) is 6.10. The molecule has 1 unspecified atom stereocenters. The van der Waals surface area contributed by atoms with Crippen LogP contribution in [0.2, 0.25) is 0 Å². The Bertz CT molecular complexity index is 267.